The van der Waals surface area contributed by atoms with Crippen LogP contribution in [0.5, 0.6) is 0 Å². The molecule has 9 heteroatoms. The molecule has 0 bridgehead atoms. The standard InChI is InChI=1S/C10H9Cl4O4P/c1-16-19(15,17-2)18-5-8(12)6-3-4-7(11)10(14)9(6)13/h3-5H,1-2H3. The van der Waals surface area contributed by atoms with E-state index in [1.807, 2.05) is 0 Å². The summed E-state index contributed by atoms with van der Waals surface area (Å²) >= 11 is 23.6. The molecule has 0 aliphatic heterocycles. The maximum Gasteiger partial charge on any atom is 0.528 e. The molecule has 106 valence electrons. The van der Waals surface area contributed by atoms with Gasteiger partial charge < -0.3 is 4.52 Å². The third kappa shape index (κ3) is 4.27. The Labute approximate surface area is 130 Å². The Morgan fingerprint density at radius 3 is 2.26 bits per heavy atom. The first-order valence-electron chi connectivity index (χ1n) is 4.74. The molecule has 4 nitrogen and oxygen atoms in total. The summed E-state index contributed by atoms with van der Waals surface area (Å²) in [5.74, 6) is 0. The van der Waals surface area contributed by atoms with Crippen LogP contribution in [0.25, 0.3) is 5.03 Å². The van der Waals surface area contributed by atoms with Crippen molar-refractivity contribution in [2.24, 2.45) is 0 Å². The molecule has 0 saturated heterocycles. The number of benzene rings is 1. The third-order valence-electron chi connectivity index (χ3n) is 2.02. The molecule has 1 aromatic carbocycles. The highest BCUT2D eigenvalue weighted by Crippen LogP contribution is 2.49. The lowest BCUT2D eigenvalue weighted by Gasteiger charge is -2.12. The van der Waals surface area contributed by atoms with Gasteiger partial charge in [-0.25, -0.2) is 4.57 Å². The molecule has 0 N–H and O–H groups in total. The number of phosphoric ester groups is 1. The van der Waals surface area contributed by atoms with E-state index in [4.69, 9.17) is 50.9 Å². The Morgan fingerprint density at radius 1 is 1.16 bits per heavy atom. The summed E-state index contributed by atoms with van der Waals surface area (Å²) in [6, 6.07) is 3.07. The van der Waals surface area contributed by atoms with Crippen molar-refractivity contribution in [2.75, 3.05) is 14.2 Å². The van der Waals surface area contributed by atoms with Crippen LogP contribution in [0.1, 0.15) is 5.56 Å². The van der Waals surface area contributed by atoms with Crippen molar-refractivity contribution in [2.45, 2.75) is 0 Å². The molecule has 1 aromatic rings. The predicted octanol–water partition coefficient (Wildman–Crippen LogP) is 5.60. The van der Waals surface area contributed by atoms with Gasteiger partial charge in [0.25, 0.3) is 0 Å². The van der Waals surface area contributed by atoms with Crippen LogP contribution in [0, 0.1) is 0 Å². The summed E-state index contributed by atoms with van der Waals surface area (Å²) < 4.78 is 25.6. The maximum atomic E-state index is 11.6. The fraction of sp³-hybridized carbons (Fsp3) is 0.200. The van der Waals surface area contributed by atoms with Gasteiger partial charge in [-0.2, -0.15) is 0 Å². The molecule has 1 rings (SSSR count). The Bertz CT molecular complexity index is 539. The van der Waals surface area contributed by atoms with E-state index >= 15 is 0 Å². The van der Waals surface area contributed by atoms with Crippen molar-refractivity contribution in [3.8, 4) is 0 Å². The zero-order chi connectivity index (χ0) is 14.6. The van der Waals surface area contributed by atoms with E-state index in [-0.39, 0.29) is 15.1 Å². The van der Waals surface area contributed by atoms with Gasteiger partial charge in [-0.15, -0.1) is 0 Å². The first-order valence-corrected chi connectivity index (χ1v) is 7.71. The first kappa shape index (κ1) is 17.1. The largest absolute Gasteiger partial charge is 0.528 e. The molecule has 0 aliphatic carbocycles. The second kappa shape index (κ2) is 7.19. The number of rotatable bonds is 5. The van der Waals surface area contributed by atoms with E-state index in [1.165, 1.54) is 20.3 Å². The minimum atomic E-state index is -3.65. The minimum Gasteiger partial charge on any atom is -0.410 e. The fourth-order valence-electron chi connectivity index (χ4n) is 1.05. The molecular formula is C10H9Cl4O4P. The second-order valence-electron chi connectivity index (χ2n) is 3.11. The number of hydrogen-bond acceptors (Lipinski definition) is 4. The number of hydrogen-bond donors (Lipinski definition) is 0. The van der Waals surface area contributed by atoms with Gasteiger partial charge in [-0.05, 0) is 6.07 Å². The molecule has 0 aromatic heterocycles. The lowest BCUT2D eigenvalue weighted by atomic mass is 10.2. The molecule has 0 radical (unpaired) electrons. The summed E-state index contributed by atoms with van der Waals surface area (Å²) in [7, 11) is -1.30. The zero-order valence-corrected chi connectivity index (χ0v) is 13.7. The van der Waals surface area contributed by atoms with Gasteiger partial charge in [-0.1, -0.05) is 52.5 Å². The van der Waals surface area contributed by atoms with E-state index in [0.717, 1.165) is 6.26 Å². The van der Waals surface area contributed by atoms with Crippen LogP contribution < -0.4 is 0 Å². The van der Waals surface area contributed by atoms with E-state index in [1.54, 1.807) is 6.07 Å². The highest BCUT2D eigenvalue weighted by Gasteiger charge is 2.23. The highest BCUT2D eigenvalue weighted by atomic mass is 35.5. The molecule has 0 amide bonds. The average Bonchev–Trinajstić information content (AvgIpc) is 2.42. The Hall–Kier alpha value is 0.0700. The normalized spacial score (nSPS) is 12.6. The summed E-state index contributed by atoms with van der Waals surface area (Å²) in [6.07, 6.45) is 1.00. The zero-order valence-electron chi connectivity index (χ0n) is 9.82. The molecule has 0 aliphatic rings. The van der Waals surface area contributed by atoms with Crippen LogP contribution in [-0.4, -0.2) is 14.2 Å². The SMILES string of the molecule is COP(=O)(OC)OC=C(Cl)c1ccc(Cl)c(Cl)c1Cl. The van der Waals surface area contributed by atoms with Crippen LogP contribution in [0.15, 0.2) is 18.4 Å². The van der Waals surface area contributed by atoms with Crippen molar-refractivity contribution in [1.29, 1.82) is 0 Å². The molecule has 0 atom stereocenters. The van der Waals surface area contributed by atoms with E-state index < -0.39 is 7.82 Å². The van der Waals surface area contributed by atoms with Crippen LogP contribution in [0.2, 0.25) is 15.1 Å². The van der Waals surface area contributed by atoms with E-state index in [0.29, 0.717) is 10.6 Å². The average molecular weight is 366 g/mol. The van der Waals surface area contributed by atoms with Crippen molar-refractivity contribution in [3.05, 3.63) is 39.0 Å². The first-order chi connectivity index (χ1) is 8.84. The molecule has 0 saturated carbocycles. The summed E-state index contributed by atoms with van der Waals surface area (Å²) in [4.78, 5) is 0. The molecule has 19 heavy (non-hydrogen) atoms. The molecule has 0 spiro atoms. The van der Waals surface area contributed by atoms with Gasteiger partial charge in [0.05, 0.1) is 20.1 Å². The van der Waals surface area contributed by atoms with Gasteiger partial charge in [0.1, 0.15) is 6.26 Å². The topological polar surface area (TPSA) is 44.8 Å². The van der Waals surface area contributed by atoms with Crippen LogP contribution in [0.4, 0.5) is 0 Å². The van der Waals surface area contributed by atoms with Crippen LogP contribution >= 0.6 is 54.2 Å². The molecule has 0 heterocycles. The predicted molar refractivity (Wildman–Crippen MR) is 78.0 cm³/mol. The van der Waals surface area contributed by atoms with Crippen LogP contribution in [0.3, 0.4) is 0 Å². The smallest absolute Gasteiger partial charge is 0.410 e. The minimum absolute atomic E-state index is 0.0675. The monoisotopic (exact) mass is 364 g/mol. The third-order valence-corrected chi connectivity index (χ3v) is 4.87. The summed E-state index contributed by atoms with van der Waals surface area (Å²) in [5.41, 5.74) is 0.372. The maximum absolute atomic E-state index is 11.6. The van der Waals surface area contributed by atoms with Crippen molar-refractivity contribution >= 4 is 59.3 Å². The summed E-state index contributed by atoms with van der Waals surface area (Å²) in [6.45, 7) is 0. The van der Waals surface area contributed by atoms with Crippen LogP contribution in [-0.2, 0) is 18.1 Å². The Morgan fingerprint density at radius 2 is 1.74 bits per heavy atom. The molecular weight excluding hydrogens is 357 g/mol. The van der Waals surface area contributed by atoms with Crippen molar-refractivity contribution < 1.29 is 18.1 Å². The molecule has 0 fully saturated rings. The lowest BCUT2D eigenvalue weighted by molar-refractivity contribution is 0.194. The van der Waals surface area contributed by atoms with Gasteiger partial charge >= 0.3 is 7.82 Å². The van der Waals surface area contributed by atoms with E-state index in [9.17, 15) is 4.57 Å². The van der Waals surface area contributed by atoms with E-state index in [2.05, 4.69) is 9.05 Å². The van der Waals surface area contributed by atoms with Crippen molar-refractivity contribution in [3.63, 3.8) is 0 Å². The van der Waals surface area contributed by atoms with Gasteiger partial charge in [0, 0.05) is 19.8 Å². The van der Waals surface area contributed by atoms with Crippen molar-refractivity contribution in [1.82, 2.24) is 0 Å². The summed E-state index contributed by atoms with van der Waals surface area (Å²) in [5, 5.41) is 0.677. The second-order valence-corrected chi connectivity index (χ2v) is 6.51. The molecule has 0 unspecified atom stereocenters. The number of phosphoric acid groups is 1. The lowest BCUT2D eigenvalue weighted by Crippen LogP contribution is -1.90. The van der Waals surface area contributed by atoms with Gasteiger partial charge in [-0.3, -0.25) is 9.05 Å². The highest BCUT2D eigenvalue weighted by molar-refractivity contribution is 7.48. The number of halogens is 4. The Balaban J connectivity index is 3.04. The Kier molecular flexibility index (Phi) is 6.48. The quantitative estimate of drug-likeness (QED) is 0.387. The van der Waals surface area contributed by atoms with Gasteiger partial charge in [0.15, 0.2) is 0 Å². The fourth-order valence-corrected chi connectivity index (χ4v) is 2.55. The van der Waals surface area contributed by atoms with Gasteiger partial charge in [0.2, 0.25) is 0 Å².